The van der Waals surface area contributed by atoms with Gasteiger partial charge >= 0.3 is 0 Å². The lowest BCUT2D eigenvalue weighted by atomic mass is 9.94. The number of piperidine rings is 1. The van der Waals surface area contributed by atoms with Crippen LogP contribution in [0.15, 0.2) is 0 Å². The van der Waals surface area contributed by atoms with Gasteiger partial charge in [0.1, 0.15) is 0 Å². The summed E-state index contributed by atoms with van der Waals surface area (Å²) in [5, 5.41) is 0. The predicted octanol–water partition coefficient (Wildman–Crippen LogP) is 5.62. The zero-order valence-electron chi connectivity index (χ0n) is 13.2. The third kappa shape index (κ3) is 8.34. The first-order chi connectivity index (χ1) is 9.24. The number of hydrogen-bond acceptors (Lipinski definition) is 1. The highest BCUT2D eigenvalue weighted by Crippen LogP contribution is 2.25. The fourth-order valence-electron chi connectivity index (χ4n) is 3.11. The van der Waals surface area contributed by atoms with E-state index in [1.807, 2.05) is 0 Å². The smallest absolute Gasteiger partial charge is 0.0146 e. The Morgan fingerprint density at radius 2 is 1.47 bits per heavy atom. The van der Waals surface area contributed by atoms with Crippen molar-refractivity contribution in [3.05, 3.63) is 0 Å². The maximum Gasteiger partial charge on any atom is 0.0146 e. The second-order valence-corrected chi connectivity index (χ2v) is 7.78. The van der Waals surface area contributed by atoms with Crippen LogP contribution in [0.3, 0.4) is 0 Å². The number of halogens is 1. The first kappa shape index (κ1) is 17.5. The fourth-order valence-corrected chi connectivity index (χ4v) is 3.63. The van der Waals surface area contributed by atoms with Crippen LogP contribution in [0.5, 0.6) is 0 Å². The van der Waals surface area contributed by atoms with Crippen molar-refractivity contribution in [2.45, 2.75) is 82.9 Å². The van der Waals surface area contributed by atoms with Gasteiger partial charge in [-0.05, 0) is 44.8 Å². The topological polar surface area (TPSA) is 3.24 Å². The summed E-state index contributed by atoms with van der Waals surface area (Å²) in [5.41, 5.74) is 0. The standard InChI is InChI=1S/C17H34BrN/c1-3-4-5-6-7-8-9-10-13-19-14-11-17(12-15-19)16(2)18/h16-17H,3-15H2,1-2H3. The minimum Gasteiger partial charge on any atom is -0.303 e. The molecular weight excluding hydrogens is 298 g/mol. The third-order valence-corrected chi connectivity index (χ3v) is 5.36. The Labute approximate surface area is 129 Å². The monoisotopic (exact) mass is 331 g/mol. The highest BCUT2D eigenvalue weighted by atomic mass is 79.9. The average molecular weight is 332 g/mol. The van der Waals surface area contributed by atoms with Gasteiger partial charge in [0.25, 0.3) is 0 Å². The van der Waals surface area contributed by atoms with Crippen molar-refractivity contribution >= 4 is 15.9 Å². The molecule has 1 unspecified atom stereocenters. The second kappa shape index (κ2) is 11.1. The molecule has 1 aliphatic rings. The molecule has 1 saturated heterocycles. The minimum absolute atomic E-state index is 0.706. The number of alkyl halides is 1. The number of likely N-dealkylation sites (tertiary alicyclic amines) is 1. The molecule has 1 aliphatic heterocycles. The Morgan fingerprint density at radius 1 is 0.947 bits per heavy atom. The Hall–Kier alpha value is 0.440. The molecule has 19 heavy (non-hydrogen) atoms. The summed E-state index contributed by atoms with van der Waals surface area (Å²) in [6, 6.07) is 0. The molecule has 0 spiro atoms. The molecule has 1 rings (SSSR count). The van der Waals surface area contributed by atoms with Crippen molar-refractivity contribution in [3.63, 3.8) is 0 Å². The number of unbranched alkanes of at least 4 members (excludes halogenated alkanes) is 7. The van der Waals surface area contributed by atoms with Crippen LogP contribution in [0.1, 0.15) is 78.1 Å². The van der Waals surface area contributed by atoms with Gasteiger partial charge in [-0.15, -0.1) is 0 Å². The summed E-state index contributed by atoms with van der Waals surface area (Å²) in [4.78, 5) is 3.39. The first-order valence-electron chi connectivity index (χ1n) is 8.60. The Balaban J connectivity index is 1.88. The highest BCUT2D eigenvalue weighted by molar-refractivity contribution is 9.09. The molecule has 0 bridgehead atoms. The zero-order chi connectivity index (χ0) is 13.9. The van der Waals surface area contributed by atoms with Crippen LogP contribution in [0, 0.1) is 5.92 Å². The normalized spacial score (nSPS) is 19.7. The summed E-state index contributed by atoms with van der Waals surface area (Å²) in [7, 11) is 0. The molecule has 114 valence electrons. The van der Waals surface area contributed by atoms with E-state index in [9.17, 15) is 0 Å². The summed E-state index contributed by atoms with van der Waals surface area (Å²) in [6.45, 7) is 8.60. The van der Waals surface area contributed by atoms with Gasteiger partial charge in [-0.25, -0.2) is 0 Å². The van der Waals surface area contributed by atoms with Gasteiger partial charge in [0.05, 0.1) is 0 Å². The SMILES string of the molecule is CCCCCCCCCCN1CCC(C(C)Br)CC1. The third-order valence-electron chi connectivity index (χ3n) is 4.61. The van der Waals surface area contributed by atoms with Gasteiger partial charge in [0.2, 0.25) is 0 Å². The predicted molar refractivity (Wildman–Crippen MR) is 90.2 cm³/mol. The summed E-state index contributed by atoms with van der Waals surface area (Å²) >= 11 is 3.74. The van der Waals surface area contributed by atoms with E-state index in [0.29, 0.717) is 4.83 Å². The highest BCUT2D eigenvalue weighted by Gasteiger charge is 2.21. The summed E-state index contributed by atoms with van der Waals surface area (Å²) in [5.74, 6) is 0.912. The molecule has 1 atom stereocenters. The Bertz CT molecular complexity index is 197. The van der Waals surface area contributed by atoms with Crippen LogP contribution >= 0.6 is 15.9 Å². The Kier molecular flexibility index (Phi) is 10.3. The molecule has 1 nitrogen and oxygen atoms in total. The molecule has 0 aromatic rings. The van der Waals surface area contributed by atoms with Crippen LogP contribution in [-0.2, 0) is 0 Å². The fraction of sp³-hybridized carbons (Fsp3) is 1.00. The van der Waals surface area contributed by atoms with E-state index in [1.165, 1.54) is 83.8 Å². The lowest BCUT2D eigenvalue weighted by Crippen LogP contribution is -2.36. The summed E-state index contributed by atoms with van der Waals surface area (Å²) in [6.07, 6.45) is 14.3. The van der Waals surface area contributed by atoms with Crippen LogP contribution in [0.4, 0.5) is 0 Å². The maximum absolute atomic E-state index is 3.74. The lowest BCUT2D eigenvalue weighted by Gasteiger charge is -2.33. The molecule has 0 radical (unpaired) electrons. The van der Waals surface area contributed by atoms with Crippen molar-refractivity contribution < 1.29 is 0 Å². The second-order valence-electron chi connectivity index (χ2n) is 6.33. The molecule has 0 aliphatic carbocycles. The van der Waals surface area contributed by atoms with Crippen molar-refractivity contribution in [1.29, 1.82) is 0 Å². The number of nitrogens with zero attached hydrogens (tertiary/aromatic N) is 1. The minimum atomic E-state index is 0.706. The van der Waals surface area contributed by atoms with Gasteiger partial charge < -0.3 is 4.90 Å². The summed E-state index contributed by atoms with van der Waals surface area (Å²) < 4.78 is 0. The van der Waals surface area contributed by atoms with Crippen molar-refractivity contribution in [2.24, 2.45) is 5.92 Å². The zero-order valence-corrected chi connectivity index (χ0v) is 14.8. The van der Waals surface area contributed by atoms with E-state index >= 15 is 0 Å². The number of rotatable bonds is 10. The Morgan fingerprint density at radius 3 is 2.00 bits per heavy atom. The van der Waals surface area contributed by atoms with Crippen LogP contribution in [0.2, 0.25) is 0 Å². The van der Waals surface area contributed by atoms with Crippen molar-refractivity contribution in [3.8, 4) is 0 Å². The van der Waals surface area contributed by atoms with E-state index < -0.39 is 0 Å². The van der Waals surface area contributed by atoms with E-state index in [0.717, 1.165) is 5.92 Å². The van der Waals surface area contributed by atoms with Crippen LogP contribution in [-0.4, -0.2) is 29.4 Å². The van der Waals surface area contributed by atoms with Crippen LogP contribution < -0.4 is 0 Å². The molecule has 0 aromatic carbocycles. The van der Waals surface area contributed by atoms with Crippen molar-refractivity contribution in [1.82, 2.24) is 4.90 Å². The van der Waals surface area contributed by atoms with Gasteiger partial charge in [0.15, 0.2) is 0 Å². The number of hydrogen-bond donors (Lipinski definition) is 0. The van der Waals surface area contributed by atoms with E-state index in [1.54, 1.807) is 0 Å². The molecule has 1 heterocycles. The van der Waals surface area contributed by atoms with E-state index in [4.69, 9.17) is 0 Å². The largest absolute Gasteiger partial charge is 0.303 e. The van der Waals surface area contributed by atoms with E-state index in [-0.39, 0.29) is 0 Å². The van der Waals surface area contributed by atoms with Gasteiger partial charge in [-0.1, -0.05) is 74.7 Å². The molecular formula is C17H34BrN. The quantitative estimate of drug-likeness (QED) is 0.370. The average Bonchev–Trinajstić information content (AvgIpc) is 2.42. The molecule has 0 saturated carbocycles. The first-order valence-corrected chi connectivity index (χ1v) is 9.52. The van der Waals surface area contributed by atoms with E-state index in [2.05, 4.69) is 34.7 Å². The van der Waals surface area contributed by atoms with Crippen LogP contribution in [0.25, 0.3) is 0 Å². The van der Waals surface area contributed by atoms with Crippen molar-refractivity contribution in [2.75, 3.05) is 19.6 Å². The van der Waals surface area contributed by atoms with Gasteiger partial charge in [0, 0.05) is 4.83 Å². The molecule has 0 amide bonds. The molecule has 0 N–H and O–H groups in total. The lowest BCUT2D eigenvalue weighted by molar-refractivity contribution is 0.182. The molecule has 1 fully saturated rings. The van der Waals surface area contributed by atoms with Gasteiger partial charge in [-0.3, -0.25) is 0 Å². The molecule has 0 aromatic heterocycles. The van der Waals surface area contributed by atoms with Gasteiger partial charge in [-0.2, -0.15) is 0 Å². The maximum atomic E-state index is 3.74. The molecule has 2 heteroatoms.